The molecule has 0 bridgehead atoms. The van der Waals surface area contributed by atoms with Gasteiger partial charge in [0.15, 0.2) is 0 Å². The highest BCUT2D eigenvalue weighted by molar-refractivity contribution is 5.79. The molecule has 1 aromatic rings. The molecule has 1 aliphatic carbocycles. The second kappa shape index (κ2) is 6.22. The summed E-state index contributed by atoms with van der Waals surface area (Å²) in [5.74, 6) is 0.106. The van der Waals surface area contributed by atoms with Crippen molar-refractivity contribution in [3.05, 3.63) is 24.5 Å². The molecule has 1 saturated carbocycles. The lowest BCUT2D eigenvalue weighted by Gasteiger charge is -2.61. The topological polar surface area (TPSA) is 45.7 Å². The zero-order valence-corrected chi connectivity index (χ0v) is 15.5. The van der Waals surface area contributed by atoms with Crippen molar-refractivity contribution < 1.29 is 9.53 Å². The van der Waals surface area contributed by atoms with Crippen molar-refractivity contribution in [1.29, 1.82) is 0 Å². The molecule has 2 spiro atoms. The molecule has 5 rings (SSSR count). The monoisotopic (exact) mass is 355 g/mol. The van der Waals surface area contributed by atoms with Gasteiger partial charge in [-0.3, -0.25) is 9.78 Å². The van der Waals surface area contributed by atoms with Crippen LogP contribution in [0.5, 0.6) is 0 Å². The molecule has 140 valence electrons. The third kappa shape index (κ3) is 2.81. The maximum absolute atomic E-state index is 12.4. The van der Waals surface area contributed by atoms with Gasteiger partial charge in [0, 0.05) is 62.6 Å². The minimum absolute atomic E-state index is 0.106. The molecule has 0 unspecified atom stereocenters. The number of carbonyl (C=O) groups is 1. The van der Waals surface area contributed by atoms with Crippen LogP contribution in [0, 0.1) is 10.8 Å². The maximum Gasteiger partial charge on any atom is 0.312 e. The third-order valence-corrected chi connectivity index (χ3v) is 7.10. The molecule has 0 aromatic carbocycles. The Bertz CT molecular complexity index is 657. The number of pyridine rings is 1. The van der Waals surface area contributed by atoms with E-state index in [4.69, 9.17) is 4.74 Å². The molecule has 4 aliphatic rings. The van der Waals surface area contributed by atoms with Crippen LogP contribution in [0.25, 0.3) is 0 Å². The number of nitrogens with zero attached hydrogens (tertiary/aromatic N) is 3. The van der Waals surface area contributed by atoms with Gasteiger partial charge in [-0.15, -0.1) is 0 Å². The fourth-order valence-corrected chi connectivity index (χ4v) is 5.72. The fourth-order valence-electron chi connectivity index (χ4n) is 5.72. The third-order valence-electron chi connectivity index (χ3n) is 7.10. The summed E-state index contributed by atoms with van der Waals surface area (Å²) in [7, 11) is 0. The average Bonchev–Trinajstić information content (AvgIpc) is 2.89. The van der Waals surface area contributed by atoms with Gasteiger partial charge in [-0.25, -0.2) is 0 Å². The van der Waals surface area contributed by atoms with Crippen molar-refractivity contribution >= 4 is 11.7 Å². The smallest absolute Gasteiger partial charge is 0.312 e. The Labute approximate surface area is 155 Å². The Morgan fingerprint density at radius 2 is 1.81 bits per heavy atom. The summed E-state index contributed by atoms with van der Waals surface area (Å²) in [5.41, 5.74) is 1.68. The number of aromatic nitrogens is 1. The van der Waals surface area contributed by atoms with Crippen molar-refractivity contribution in [2.75, 3.05) is 37.6 Å². The minimum Gasteiger partial charge on any atom is -0.462 e. The number of hydrogen-bond acceptors (Lipinski definition) is 5. The number of esters is 1. The standard InChI is InChI=1S/C21H29N3O2/c25-19-21(7-2-1-3-8-21)12-18(26-19)6-11-23-13-20(14-23)15-24(16-20)17-4-9-22-10-5-17/h4-5,9-10,18H,1-3,6-8,11-16H2/t18-/m1/s1. The lowest BCUT2D eigenvalue weighted by molar-refractivity contribution is -0.150. The van der Waals surface area contributed by atoms with E-state index in [1.54, 1.807) is 0 Å². The molecular formula is C21H29N3O2. The number of rotatable bonds is 4. The number of ether oxygens (including phenoxy) is 1. The van der Waals surface area contributed by atoms with Crippen LogP contribution in [0.4, 0.5) is 5.69 Å². The molecule has 5 nitrogen and oxygen atoms in total. The van der Waals surface area contributed by atoms with E-state index in [1.165, 1.54) is 38.0 Å². The maximum atomic E-state index is 12.4. The van der Waals surface area contributed by atoms with Crippen LogP contribution in [0.3, 0.4) is 0 Å². The summed E-state index contributed by atoms with van der Waals surface area (Å²) in [4.78, 5) is 21.5. The lowest BCUT2D eigenvalue weighted by atomic mass is 9.71. The van der Waals surface area contributed by atoms with E-state index < -0.39 is 0 Å². The molecule has 0 amide bonds. The molecule has 1 atom stereocenters. The fraction of sp³-hybridized carbons (Fsp3) is 0.714. The van der Waals surface area contributed by atoms with Gasteiger partial charge in [0.25, 0.3) is 0 Å². The van der Waals surface area contributed by atoms with Gasteiger partial charge in [-0.05, 0) is 31.4 Å². The Kier molecular flexibility index (Phi) is 3.96. The normalized spacial score (nSPS) is 29.5. The van der Waals surface area contributed by atoms with E-state index in [-0.39, 0.29) is 17.5 Å². The van der Waals surface area contributed by atoms with Gasteiger partial charge >= 0.3 is 5.97 Å². The first kappa shape index (κ1) is 16.5. The van der Waals surface area contributed by atoms with Crippen LogP contribution in [0.1, 0.15) is 44.9 Å². The van der Waals surface area contributed by atoms with E-state index in [0.717, 1.165) is 45.3 Å². The van der Waals surface area contributed by atoms with Crippen LogP contribution >= 0.6 is 0 Å². The molecule has 0 radical (unpaired) electrons. The van der Waals surface area contributed by atoms with Crippen molar-refractivity contribution in [2.45, 2.75) is 51.0 Å². The summed E-state index contributed by atoms with van der Waals surface area (Å²) in [6, 6.07) is 4.19. The Morgan fingerprint density at radius 3 is 2.54 bits per heavy atom. The number of carbonyl (C=O) groups excluding carboxylic acids is 1. The molecule has 4 fully saturated rings. The average molecular weight is 355 g/mol. The molecule has 0 N–H and O–H groups in total. The van der Waals surface area contributed by atoms with Gasteiger partial charge in [0.1, 0.15) is 6.10 Å². The van der Waals surface area contributed by atoms with Crippen LogP contribution in [0.15, 0.2) is 24.5 Å². The van der Waals surface area contributed by atoms with E-state index in [9.17, 15) is 4.79 Å². The van der Waals surface area contributed by atoms with Crippen LogP contribution in [-0.4, -0.2) is 54.7 Å². The number of cyclic esters (lactones) is 1. The molecule has 26 heavy (non-hydrogen) atoms. The van der Waals surface area contributed by atoms with E-state index >= 15 is 0 Å². The van der Waals surface area contributed by atoms with Gasteiger partial charge in [0.2, 0.25) is 0 Å². The number of anilines is 1. The van der Waals surface area contributed by atoms with Crippen LogP contribution in [0.2, 0.25) is 0 Å². The molecule has 3 saturated heterocycles. The summed E-state index contributed by atoms with van der Waals surface area (Å²) < 4.78 is 5.76. The molecule has 1 aromatic heterocycles. The molecule has 5 heteroatoms. The van der Waals surface area contributed by atoms with Gasteiger partial charge in [0.05, 0.1) is 5.41 Å². The molecule has 3 aliphatic heterocycles. The van der Waals surface area contributed by atoms with Crippen molar-refractivity contribution in [3.8, 4) is 0 Å². The van der Waals surface area contributed by atoms with Crippen LogP contribution < -0.4 is 4.90 Å². The Balaban J connectivity index is 1.06. The first-order valence-electron chi connectivity index (χ1n) is 10.3. The van der Waals surface area contributed by atoms with E-state index in [0.29, 0.717) is 5.41 Å². The number of likely N-dealkylation sites (tertiary alicyclic amines) is 1. The quantitative estimate of drug-likeness (QED) is 0.777. The number of hydrogen-bond donors (Lipinski definition) is 0. The second-order valence-corrected chi connectivity index (χ2v) is 9.13. The minimum atomic E-state index is -0.113. The highest BCUT2D eigenvalue weighted by atomic mass is 16.6. The molecule has 4 heterocycles. The Morgan fingerprint density at radius 1 is 1.08 bits per heavy atom. The highest BCUT2D eigenvalue weighted by Crippen LogP contribution is 2.47. The second-order valence-electron chi connectivity index (χ2n) is 9.13. The van der Waals surface area contributed by atoms with Crippen LogP contribution in [-0.2, 0) is 9.53 Å². The van der Waals surface area contributed by atoms with E-state index in [1.807, 2.05) is 12.4 Å². The first-order valence-corrected chi connectivity index (χ1v) is 10.3. The zero-order chi connectivity index (χ0) is 17.6. The lowest BCUT2D eigenvalue weighted by Crippen LogP contribution is -2.72. The summed E-state index contributed by atoms with van der Waals surface area (Å²) in [6.07, 6.45) is 11.7. The zero-order valence-electron chi connectivity index (χ0n) is 15.5. The summed E-state index contributed by atoms with van der Waals surface area (Å²) in [6.45, 7) is 5.79. The van der Waals surface area contributed by atoms with Gasteiger partial charge < -0.3 is 14.5 Å². The Hall–Kier alpha value is -1.62. The predicted octanol–water partition coefficient (Wildman–Crippen LogP) is 2.86. The van der Waals surface area contributed by atoms with Gasteiger partial charge in [-0.1, -0.05) is 19.3 Å². The van der Waals surface area contributed by atoms with Crippen molar-refractivity contribution in [1.82, 2.24) is 9.88 Å². The highest BCUT2D eigenvalue weighted by Gasteiger charge is 2.52. The first-order chi connectivity index (χ1) is 12.7. The SMILES string of the molecule is O=C1O[C@H](CCN2CC3(C2)CN(c2ccncc2)C3)CC12CCCCC2. The van der Waals surface area contributed by atoms with E-state index in [2.05, 4.69) is 26.9 Å². The largest absolute Gasteiger partial charge is 0.462 e. The summed E-state index contributed by atoms with van der Waals surface area (Å²) >= 11 is 0. The molecular weight excluding hydrogens is 326 g/mol. The van der Waals surface area contributed by atoms with Crippen molar-refractivity contribution in [3.63, 3.8) is 0 Å². The van der Waals surface area contributed by atoms with Crippen molar-refractivity contribution in [2.24, 2.45) is 10.8 Å². The predicted molar refractivity (Wildman–Crippen MR) is 100.0 cm³/mol. The van der Waals surface area contributed by atoms with Gasteiger partial charge in [-0.2, -0.15) is 0 Å². The summed E-state index contributed by atoms with van der Waals surface area (Å²) in [5, 5.41) is 0.